The molecule has 3 rings (SSSR count). The molecule has 2 heterocycles. The number of hydrogen-bond acceptors (Lipinski definition) is 11. The summed E-state index contributed by atoms with van der Waals surface area (Å²) in [7, 11) is 0. The van der Waals surface area contributed by atoms with Gasteiger partial charge in [-0.1, -0.05) is 56.0 Å². The lowest BCUT2D eigenvalue weighted by Crippen LogP contribution is -2.59. The molecule has 63 heavy (non-hydrogen) atoms. The van der Waals surface area contributed by atoms with Gasteiger partial charge in [-0.2, -0.15) is 0 Å². The van der Waals surface area contributed by atoms with Crippen molar-refractivity contribution in [2.24, 2.45) is 27.9 Å². The minimum Gasteiger partial charge on any atom is -0.480 e. The lowest BCUT2D eigenvalue weighted by Gasteiger charge is -2.33. The fourth-order valence-electron chi connectivity index (χ4n) is 7.92. The van der Waals surface area contributed by atoms with E-state index in [4.69, 9.17) is 22.9 Å². The van der Waals surface area contributed by atoms with Gasteiger partial charge in [0.25, 0.3) is 0 Å². The third-order valence-corrected chi connectivity index (χ3v) is 11.4. The van der Waals surface area contributed by atoms with Crippen molar-refractivity contribution >= 4 is 47.4 Å². The molecule has 1 aromatic carbocycles. The zero-order valence-electron chi connectivity index (χ0n) is 36.7. The van der Waals surface area contributed by atoms with Gasteiger partial charge in [-0.3, -0.25) is 33.8 Å². The van der Waals surface area contributed by atoms with E-state index >= 15 is 0 Å². The Hall–Kier alpha value is -5.34. The first-order chi connectivity index (χ1) is 30.1. The van der Waals surface area contributed by atoms with Gasteiger partial charge in [0.2, 0.25) is 35.4 Å². The minimum absolute atomic E-state index is 0.0605. The first-order valence-corrected chi connectivity index (χ1v) is 22.4. The van der Waals surface area contributed by atoms with Gasteiger partial charge in [0, 0.05) is 32.6 Å². The van der Waals surface area contributed by atoms with Gasteiger partial charge in [-0.15, -0.1) is 0 Å². The number of aliphatic imine (C=N–C) groups is 1. The van der Waals surface area contributed by atoms with Crippen LogP contribution in [0.2, 0.25) is 0 Å². The molecule has 20 heteroatoms. The van der Waals surface area contributed by atoms with Crippen LogP contribution < -0.4 is 44.2 Å². The van der Waals surface area contributed by atoms with Crippen LogP contribution in [0.15, 0.2) is 35.3 Å². The van der Waals surface area contributed by atoms with Crippen LogP contribution in [-0.2, 0) is 40.0 Å². The highest BCUT2D eigenvalue weighted by Crippen LogP contribution is 2.26. The average Bonchev–Trinajstić information content (AvgIpc) is 3.95. The molecule has 0 aliphatic carbocycles. The number of carboxylic acid groups (broad SMARTS) is 1. The van der Waals surface area contributed by atoms with Gasteiger partial charge in [-0.25, -0.2) is 4.79 Å². The lowest BCUT2D eigenvalue weighted by molar-refractivity contribution is -0.149. The molecule has 1 aromatic rings. The van der Waals surface area contributed by atoms with E-state index in [1.54, 1.807) is 0 Å². The summed E-state index contributed by atoms with van der Waals surface area (Å²) in [4.78, 5) is 99.6. The smallest absolute Gasteiger partial charge is 0.326 e. The number of guanidine groups is 1. The van der Waals surface area contributed by atoms with Crippen LogP contribution in [0.4, 0.5) is 0 Å². The summed E-state index contributed by atoms with van der Waals surface area (Å²) in [6, 6.07) is 3.28. The fourth-order valence-corrected chi connectivity index (χ4v) is 7.92. The molecule has 2 aliphatic rings. The Morgan fingerprint density at radius 2 is 1.44 bits per heavy atom. The second-order valence-electron chi connectivity index (χ2n) is 16.5. The Balaban J connectivity index is 1.59. The second-order valence-corrected chi connectivity index (χ2v) is 16.5. The van der Waals surface area contributed by atoms with Crippen molar-refractivity contribution in [1.82, 2.24) is 31.1 Å². The number of carboxylic acids is 1. The lowest BCUT2D eigenvalue weighted by atomic mass is 10.0. The maximum Gasteiger partial charge on any atom is 0.326 e. The predicted molar refractivity (Wildman–Crippen MR) is 236 cm³/mol. The van der Waals surface area contributed by atoms with E-state index in [-0.39, 0.29) is 50.8 Å². The van der Waals surface area contributed by atoms with E-state index in [2.05, 4.69) is 26.3 Å². The van der Waals surface area contributed by atoms with Crippen LogP contribution in [0.25, 0.3) is 0 Å². The Morgan fingerprint density at radius 1 is 0.794 bits per heavy atom. The average molecular weight is 886 g/mol. The predicted octanol–water partition coefficient (Wildman–Crippen LogP) is -0.902. The van der Waals surface area contributed by atoms with Crippen molar-refractivity contribution in [3.8, 4) is 0 Å². The third-order valence-electron chi connectivity index (χ3n) is 11.4. The van der Waals surface area contributed by atoms with Crippen molar-refractivity contribution in [2.45, 2.75) is 152 Å². The molecule has 2 fully saturated rings. The van der Waals surface area contributed by atoms with Gasteiger partial charge < -0.3 is 64.2 Å². The minimum atomic E-state index is -1.36. The van der Waals surface area contributed by atoms with E-state index in [9.17, 15) is 43.8 Å². The molecule has 0 aromatic heterocycles. The summed E-state index contributed by atoms with van der Waals surface area (Å²) >= 11 is 0. The van der Waals surface area contributed by atoms with Crippen LogP contribution >= 0.6 is 0 Å². The highest BCUT2D eigenvalue weighted by molar-refractivity contribution is 5.96. The summed E-state index contributed by atoms with van der Waals surface area (Å²) in [5, 5.41) is 31.1. The molecule has 14 N–H and O–H groups in total. The van der Waals surface area contributed by atoms with E-state index in [1.807, 2.05) is 30.3 Å². The van der Waals surface area contributed by atoms with Crippen molar-refractivity contribution in [3.05, 3.63) is 35.9 Å². The molecule has 20 nitrogen and oxygen atoms in total. The Labute approximate surface area is 370 Å². The topological polar surface area (TPSA) is 331 Å². The van der Waals surface area contributed by atoms with Crippen LogP contribution in [0.3, 0.4) is 0 Å². The van der Waals surface area contributed by atoms with Gasteiger partial charge in [-0.05, 0) is 89.7 Å². The number of hydrogen-bond donors (Lipinski definition) is 10. The summed E-state index contributed by atoms with van der Waals surface area (Å²) in [6.07, 6.45) is 5.98. The summed E-state index contributed by atoms with van der Waals surface area (Å²) in [6.45, 7) is 2.92. The number of nitrogens with zero attached hydrogens (tertiary/aromatic N) is 3. The zero-order chi connectivity index (χ0) is 46.3. The van der Waals surface area contributed by atoms with E-state index < -0.39 is 77.9 Å². The van der Waals surface area contributed by atoms with Crippen molar-refractivity contribution < 1.29 is 43.8 Å². The molecule has 2 aliphatic heterocycles. The third kappa shape index (κ3) is 17.7. The Morgan fingerprint density at radius 3 is 2.11 bits per heavy atom. The summed E-state index contributed by atoms with van der Waals surface area (Å²) < 4.78 is 0. The van der Waals surface area contributed by atoms with Crippen LogP contribution in [0.5, 0.6) is 0 Å². The standard InChI is InChI=1S/C43H71N11O9/c1-28(55)36(52-35(56)21-9-5-11-23-48-37(57)30(45)27-29-15-6-4-7-16-29)39(59)50-31(17-8-2-3-10-22-44)40(60)54-26-14-20-34(54)41(61)53-25-13-19-33(53)38(58)51-32(42(62)63)18-12-24-49-43(46)47/h4,6-7,15-16,28,30-34,36,55H,2-3,5,8-14,17-27,44-45H2,1H3,(H,48,57)(H,50,59)(H,51,58)(H,52,56)(H,62,63)(H4,46,47,49)/t28?,30?,31?,32-,33?,34?,36?/m1/s1. The molecule has 7 atom stereocenters. The highest BCUT2D eigenvalue weighted by Gasteiger charge is 2.44. The number of carbonyl (C=O) groups excluding carboxylic acids is 6. The first kappa shape index (κ1) is 52.0. The van der Waals surface area contributed by atoms with Gasteiger partial charge in [0.05, 0.1) is 12.1 Å². The molecular formula is C43H71N11O9. The second kappa shape index (κ2) is 27.7. The van der Waals surface area contributed by atoms with E-state index in [1.165, 1.54) is 16.7 Å². The normalized spacial score (nSPS) is 18.3. The molecule has 2 saturated heterocycles. The summed E-state index contributed by atoms with van der Waals surface area (Å²) in [5.41, 5.74) is 23.4. The maximum absolute atomic E-state index is 14.3. The SMILES string of the molecule is CC(O)C(NC(=O)CCCCCNC(=O)C(N)Cc1ccccc1)C(=O)NC(CCCCCCN)C(=O)N1CCCC1C(=O)N1CCCC1C(=O)N[C@H](CCCN=C(N)N)C(=O)O. The number of benzene rings is 1. The molecule has 0 saturated carbocycles. The molecular weight excluding hydrogens is 815 g/mol. The van der Waals surface area contributed by atoms with Gasteiger partial charge >= 0.3 is 5.97 Å². The monoisotopic (exact) mass is 886 g/mol. The number of nitrogens with one attached hydrogen (secondary N) is 4. The number of aliphatic hydroxyl groups is 1. The molecule has 0 spiro atoms. The number of carbonyl (C=O) groups is 7. The number of aliphatic hydroxyl groups excluding tert-OH is 1. The fraction of sp³-hybridized carbons (Fsp3) is 0.674. The number of aliphatic carboxylic acids is 1. The molecule has 6 unspecified atom stereocenters. The number of rotatable bonds is 28. The number of likely N-dealkylation sites (tertiary alicyclic amines) is 2. The molecule has 352 valence electrons. The quantitative estimate of drug-likeness (QED) is 0.0278. The number of nitrogens with two attached hydrogens (primary N) is 4. The summed E-state index contributed by atoms with van der Waals surface area (Å²) in [5.74, 6) is -4.38. The zero-order valence-corrected chi connectivity index (χ0v) is 36.7. The maximum atomic E-state index is 14.3. The highest BCUT2D eigenvalue weighted by atomic mass is 16.4. The molecule has 0 bridgehead atoms. The van der Waals surface area contributed by atoms with E-state index in [0.29, 0.717) is 77.3 Å². The molecule has 6 amide bonds. The molecule has 0 radical (unpaired) electrons. The Kier molecular flexibility index (Phi) is 22.8. The van der Waals surface area contributed by atoms with Crippen LogP contribution in [0.1, 0.15) is 109 Å². The van der Waals surface area contributed by atoms with Crippen molar-refractivity contribution in [3.63, 3.8) is 0 Å². The number of amides is 6. The Bertz CT molecular complexity index is 1680. The number of unbranched alkanes of at least 4 members (excludes halogenated alkanes) is 5. The van der Waals surface area contributed by atoms with Crippen molar-refractivity contribution in [1.29, 1.82) is 0 Å². The van der Waals surface area contributed by atoms with Gasteiger partial charge in [0.15, 0.2) is 5.96 Å². The first-order valence-electron chi connectivity index (χ1n) is 22.4. The van der Waals surface area contributed by atoms with Crippen LogP contribution in [-0.4, -0.2) is 142 Å². The van der Waals surface area contributed by atoms with E-state index in [0.717, 1.165) is 24.8 Å². The van der Waals surface area contributed by atoms with Gasteiger partial charge in [0.1, 0.15) is 30.2 Å². The largest absolute Gasteiger partial charge is 0.480 e. The van der Waals surface area contributed by atoms with Crippen LogP contribution in [0, 0.1) is 0 Å². The van der Waals surface area contributed by atoms with Crippen molar-refractivity contribution in [2.75, 3.05) is 32.7 Å².